The van der Waals surface area contributed by atoms with E-state index in [1.165, 1.54) is 6.07 Å². The molecule has 0 bridgehead atoms. The van der Waals surface area contributed by atoms with E-state index in [4.69, 9.17) is 9.47 Å². The fourth-order valence-corrected chi connectivity index (χ4v) is 2.03. The molecular weight excluding hydrogens is 297 g/mol. The summed E-state index contributed by atoms with van der Waals surface area (Å²) in [4.78, 5) is 11.8. The van der Waals surface area contributed by atoms with Gasteiger partial charge in [0.1, 0.15) is 5.75 Å². The van der Waals surface area contributed by atoms with Crippen LogP contribution in [0.5, 0.6) is 11.5 Å². The molecule has 0 aliphatic heterocycles. The molecule has 2 aromatic carbocycles. The molecule has 0 unspecified atom stereocenters. The molecule has 1 amide bonds. The molecule has 0 radical (unpaired) electrons. The lowest BCUT2D eigenvalue weighted by molar-refractivity contribution is -0.123. The number of ether oxygens (including phenoxy) is 2. The van der Waals surface area contributed by atoms with Gasteiger partial charge in [0.25, 0.3) is 5.91 Å². The topological polar surface area (TPSA) is 47.6 Å². The van der Waals surface area contributed by atoms with Gasteiger partial charge in [-0.15, -0.1) is 0 Å². The minimum atomic E-state index is -0.436. The third kappa shape index (κ3) is 5.29. The number of nitrogens with one attached hydrogen (secondary N) is 1. The predicted octanol–water partition coefficient (Wildman–Crippen LogP) is 3.23. The van der Waals surface area contributed by atoms with Gasteiger partial charge < -0.3 is 14.8 Å². The first-order valence-electron chi connectivity index (χ1n) is 7.46. The van der Waals surface area contributed by atoms with Gasteiger partial charge >= 0.3 is 0 Å². The minimum absolute atomic E-state index is 0.0804. The van der Waals surface area contributed by atoms with E-state index in [1.54, 1.807) is 25.1 Å². The number of benzene rings is 2. The van der Waals surface area contributed by atoms with Crippen molar-refractivity contribution in [1.82, 2.24) is 5.32 Å². The van der Waals surface area contributed by atoms with Gasteiger partial charge in [0.05, 0.1) is 6.61 Å². The molecule has 0 saturated heterocycles. The van der Waals surface area contributed by atoms with Crippen molar-refractivity contribution in [2.24, 2.45) is 0 Å². The van der Waals surface area contributed by atoms with Crippen molar-refractivity contribution in [3.8, 4) is 11.5 Å². The Morgan fingerprint density at radius 2 is 2.00 bits per heavy atom. The van der Waals surface area contributed by atoms with E-state index in [2.05, 4.69) is 5.32 Å². The maximum atomic E-state index is 13.7. The van der Waals surface area contributed by atoms with Gasteiger partial charge in [-0.3, -0.25) is 4.79 Å². The second kappa shape index (κ2) is 8.17. The van der Waals surface area contributed by atoms with E-state index in [0.29, 0.717) is 17.9 Å². The maximum Gasteiger partial charge on any atom is 0.258 e. The third-order valence-corrected chi connectivity index (χ3v) is 3.15. The van der Waals surface area contributed by atoms with E-state index >= 15 is 0 Å². The van der Waals surface area contributed by atoms with Crippen LogP contribution in [0.3, 0.4) is 0 Å². The van der Waals surface area contributed by atoms with Gasteiger partial charge in [-0.05, 0) is 49.2 Å². The van der Waals surface area contributed by atoms with E-state index in [0.717, 1.165) is 5.56 Å². The summed E-state index contributed by atoms with van der Waals surface area (Å²) in [6.07, 6.45) is 0. The Labute approximate surface area is 135 Å². The van der Waals surface area contributed by atoms with Crippen molar-refractivity contribution in [3.05, 3.63) is 59.4 Å². The monoisotopic (exact) mass is 317 g/mol. The molecule has 0 aliphatic carbocycles. The molecule has 5 heteroatoms. The third-order valence-electron chi connectivity index (χ3n) is 3.15. The van der Waals surface area contributed by atoms with Crippen LogP contribution in [0, 0.1) is 12.7 Å². The zero-order chi connectivity index (χ0) is 16.7. The number of aryl methyl sites for hydroxylation is 1. The molecule has 4 nitrogen and oxygen atoms in total. The highest BCUT2D eigenvalue weighted by Gasteiger charge is 2.06. The number of rotatable bonds is 7. The summed E-state index contributed by atoms with van der Waals surface area (Å²) in [5.74, 6) is 0.160. The number of hydrogen-bond donors (Lipinski definition) is 1. The normalized spacial score (nSPS) is 10.2. The first-order valence-corrected chi connectivity index (χ1v) is 7.46. The SMILES string of the molecule is CCOc1ccc(CNC(=O)COc2cccc(C)c2)cc1F. The molecule has 2 aromatic rings. The molecule has 0 aliphatic rings. The quantitative estimate of drug-likeness (QED) is 0.853. The summed E-state index contributed by atoms with van der Waals surface area (Å²) in [7, 11) is 0. The summed E-state index contributed by atoms with van der Waals surface area (Å²) in [5.41, 5.74) is 1.72. The zero-order valence-corrected chi connectivity index (χ0v) is 13.3. The second-order valence-electron chi connectivity index (χ2n) is 5.08. The Kier molecular flexibility index (Phi) is 5.97. The van der Waals surface area contributed by atoms with Crippen molar-refractivity contribution < 1.29 is 18.7 Å². The van der Waals surface area contributed by atoms with Crippen molar-refractivity contribution >= 4 is 5.91 Å². The van der Waals surface area contributed by atoms with Crippen LogP contribution in [0.2, 0.25) is 0 Å². The van der Waals surface area contributed by atoms with Gasteiger partial charge in [-0.1, -0.05) is 18.2 Å². The first-order chi connectivity index (χ1) is 11.1. The Bertz CT molecular complexity index is 673. The van der Waals surface area contributed by atoms with Crippen molar-refractivity contribution in [3.63, 3.8) is 0 Å². The summed E-state index contributed by atoms with van der Waals surface area (Å²) in [6.45, 7) is 4.31. The standard InChI is InChI=1S/C18H20FNO3/c1-3-22-17-8-7-14(10-16(17)19)11-20-18(21)12-23-15-6-4-5-13(2)9-15/h4-10H,3,11-12H2,1-2H3,(H,20,21). The van der Waals surface area contributed by atoms with Crippen LogP contribution < -0.4 is 14.8 Å². The highest BCUT2D eigenvalue weighted by Crippen LogP contribution is 2.18. The number of amides is 1. The van der Waals surface area contributed by atoms with E-state index in [-0.39, 0.29) is 24.8 Å². The predicted molar refractivity (Wildman–Crippen MR) is 86.1 cm³/mol. The van der Waals surface area contributed by atoms with Crippen molar-refractivity contribution in [2.45, 2.75) is 20.4 Å². The second-order valence-corrected chi connectivity index (χ2v) is 5.08. The van der Waals surface area contributed by atoms with E-state index in [1.807, 2.05) is 25.1 Å². The number of halogens is 1. The average Bonchev–Trinajstić information content (AvgIpc) is 2.53. The molecule has 0 heterocycles. The fraction of sp³-hybridized carbons (Fsp3) is 0.278. The zero-order valence-electron chi connectivity index (χ0n) is 13.3. The number of hydrogen-bond acceptors (Lipinski definition) is 3. The summed E-state index contributed by atoms with van der Waals surface area (Å²) < 4.78 is 24.2. The van der Waals surface area contributed by atoms with Crippen LogP contribution in [0.15, 0.2) is 42.5 Å². The lowest BCUT2D eigenvalue weighted by Crippen LogP contribution is -2.28. The van der Waals surface area contributed by atoms with E-state index < -0.39 is 5.82 Å². The van der Waals surface area contributed by atoms with Gasteiger partial charge in [0, 0.05) is 6.54 Å². The molecular formula is C18H20FNO3. The summed E-state index contributed by atoms with van der Waals surface area (Å²) in [6, 6.07) is 12.1. The number of carbonyl (C=O) groups excluding carboxylic acids is 1. The highest BCUT2D eigenvalue weighted by molar-refractivity contribution is 5.77. The molecule has 122 valence electrons. The van der Waals surface area contributed by atoms with Crippen LogP contribution in [-0.4, -0.2) is 19.1 Å². The van der Waals surface area contributed by atoms with Crippen LogP contribution in [-0.2, 0) is 11.3 Å². The van der Waals surface area contributed by atoms with Crippen LogP contribution in [0.1, 0.15) is 18.1 Å². The fourth-order valence-electron chi connectivity index (χ4n) is 2.03. The van der Waals surface area contributed by atoms with Gasteiger partial charge in [0.15, 0.2) is 18.2 Å². The average molecular weight is 317 g/mol. The molecule has 0 atom stereocenters. The Morgan fingerprint density at radius 3 is 2.70 bits per heavy atom. The summed E-state index contributed by atoms with van der Waals surface area (Å²) >= 11 is 0. The van der Waals surface area contributed by atoms with Crippen molar-refractivity contribution in [1.29, 1.82) is 0 Å². The Hall–Kier alpha value is -2.56. The van der Waals surface area contributed by atoms with Crippen LogP contribution >= 0.6 is 0 Å². The van der Waals surface area contributed by atoms with Crippen molar-refractivity contribution in [2.75, 3.05) is 13.2 Å². The first kappa shape index (κ1) is 16.8. The summed E-state index contributed by atoms with van der Waals surface area (Å²) in [5, 5.41) is 2.69. The molecule has 0 aromatic heterocycles. The maximum absolute atomic E-state index is 13.7. The van der Waals surface area contributed by atoms with Crippen LogP contribution in [0.25, 0.3) is 0 Å². The van der Waals surface area contributed by atoms with Gasteiger partial charge in [0.2, 0.25) is 0 Å². The molecule has 0 spiro atoms. The lowest BCUT2D eigenvalue weighted by Gasteiger charge is -2.09. The molecule has 1 N–H and O–H groups in total. The molecule has 23 heavy (non-hydrogen) atoms. The Morgan fingerprint density at radius 1 is 1.17 bits per heavy atom. The van der Waals surface area contributed by atoms with Gasteiger partial charge in [-0.25, -0.2) is 4.39 Å². The molecule has 0 saturated carbocycles. The van der Waals surface area contributed by atoms with Crippen LogP contribution in [0.4, 0.5) is 4.39 Å². The smallest absolute Gasteiger partial charge is 0.258 e. The Balaban J connectivity index is 1.81. The largest absolute Gasteiger partial charge is 0.491 e. The lowest BCUT2D eigenvalue weighted by atomic mass is 10.2. The van der Waals surface area contributed by atoms with Gasteiger partial charge in [-0.2, -0.15) is 0 Å². The molecule has 0 fully saturated rings. The van der Waals surface area contributed by atoms with E-state index in [9.17, 15) is 9.18 Å². The number of carbonyl (C=O) groups is 1. The highest BCUT2D eigenvalue weighted by atomic mass is 19.1. The minimum Gasteiger partial charge on any atom is -0.491 e. The molecule has 2 rings (SSSR count).